The summed E-state index contributed by atoms with van der Waals surface area (Å²) < 4.78 is 10.4. The lowest BCUT2D eigenvalue weighted by Gasteiger charge is -2.22. The number of ether oxygens (including phenoxy) is 2. The van der Waals surface area contributed by atoms with E-state index in [1.165, 1.54) is 0 Å². The third-order valence-electron chi connectivity index (χ3n) is 3.13. The van der Waals surface area contributed by atoms with Gasteiger partial charge in [-0.05, 0) is 25.5 Å². The minimum absolute atomic E-state index is 0.0173. The van der Waals surface area contributed by atoms with Crippen molar-refractivity contribution >= 4 is 11.9 Å². The molecule has 1 rings (SSSR count). The Bertz CT molecular complexity index is 447. The number of rotatable bonds is 10. The SMILES string of the molecule is CCCCN(CCC(=O)OCC)C(=O)COc1ccccc1. The summed E-state index contributed by atoms with van der Waals surface area (Å²) in [4.78, 5) is 25.3. The Balaban J connectivity index is 2.46. The predicted octanol–water partition coefficient (Wildman–Crippen LogP) is 2.65. The zero-order valence-electron chi connectivity index (χ0n) is 13.4. The number of amides is 1. The summed E-state index contributed by atoms with van der Waals surface area (Å²) in [6, 6.07) is 9.22. The maximum atomic E-state index is 12.2. The van der Waals surface area contributed by atoms with Gasteiger partial charge in [-0.15, -0.1) is 0 Å². The van der Waals surface area contributed by atoms with Crippen LogP contribution in [0.25, 0.3) is 0 Å². The number of esters is 1. The Morgan fingerprint density at radius 2 is 1.82 bits per heavy atom. The van der Waals surface area contributed by atoms with Gasteiger partial charge in [0.2, 0.25) is 0 Å². The smallest absolute Gasteiger partial charge is 0.307 e. The minimum Gasteiger partial charge on any atom is -0.484 e. The van der Waals surface area contributed by atoms with Crippen LogP contribution in [0, 0.1) is 0 Å². The summed E-state index contributed by atoms with van der Waals surface area (Å²) in [5.74, 6) is 0.277. The average Bonchev–Trinajstić information content (AvgIpc) is 2.54. The number of nitrogens with zero attached hydrogens (tertiary/aromatic N) is 1. The van der Waals surface area contributed by atoms with Gasteiger partial charge in [-0.1, -0.05) is 31.5 Å². The van der Waals surface area contributed by atoms with Crippen molar-refractivity contribution < 1.29 is 19.1 Å². The zero-order chi connectivity index (χ0) is 16.2. The van der Waals surface area contributed by atoms with E-state index in [4.69, 9.17) is 9.47 Å². The standard InChI is InChI=1S/C17H25NO4/c1-3-5-12-18(13-11-17(20)21-4-2)16(19)14-22-15-9-7-6-8-10-15/h6-10H,3-5,11-14H2,1-2H3. The summed E-state index contributed by atoms with van der Waals surface area (Å²) in [7, 11) is 0. The van der Waals surface area contributed by atoms with E-state index >= 15 is 0 Å². The number of hydrogen-bond acceptors (Lipinski definition) is 4. The molecule has 0 atom stereocenters. The lowest BCUT2D eigenvalue weighted by atomic mass is 10.3. The molecule has 0 radical (unpaired) electrons. The first-order valence-corrected chi connectivity index (χ1v) is 7.78. The Kier molecular flexibility index (Phi) is 8.72. The van der Waals surface area contributed by atoms with Crippen LogP contribution in [-0.4, -0.2) is 43.1 Å². The first-order chi connectivity index (χ1) is 10.7. The maximum absolute atomic E-state index is 12.2. The lowest BCUT2D eigenvalue weighted by Crippen LogP contribution is -2.37. The van der Waals surface area contributed by atoms with Gasteiger partial charge in [0.05, 0.1) is 13.0 Å². The molecule has 1 amide bonds. The first-order valence-electron chi connectivity index (χ1n) is 7.78. The molecule has 5 heteroatoms. The van der Waals surface area contributed by atoms with E-state index < -0.39 is 0 Å². The highest BCUT2D eigenvalue weighted by Gasteiger charge is 2.15. The van der Waals surface area contributed by atoms with Crippen LogP contribution in [0.15, 0.2) is 30.3 Å². The van der Waals surface area contributed by atoms with E-state index in [0.717, 1.165) is 12.8 Å². The van der Waals surface area contributed by atoms with Gasteiger partial charge in [0.15, 0.2) is 6.61 Å². The van der Waals surface area contributed by atoms with Gasteiger partial charge in [0.25, 0.3) is 5.91 Å². The third-order valence-corrected chi connectivity index (χ3v) is 3.13. The first kappa shape index (κ1) is 18.0. The van der Waals surface area contributed by atoms with E-state index in [-0.39, 0.29) is 24.9 Å². The third kappa shape index (κ3) is 7.11. The monoisotopic (exact) mass is 307 g/mol. The van der Waals surface area contributed by atoms with Gasteiger partial charge in [-0.3, -0.25) is 9.59 Å². The number of unbranched alkanes of at least 4 members (excludes halogenated alkanes) is 1. The number of carbonyl (C=O) groups is 2. The molecule has 0 saturated carbocycles. The van der Waals surface area contributed by atoms with Crippen molar-refractivity contribution in [2.45, 2.75) is 33.1 Å². The van der Waals surface area contributed by atoms with E-state index in [0.29, 0.717) is 25.4 Å². The van der Waals surface area contributed by atoms with Gasteiger partial charge < -0.3 is 14.4 Å². The van der Waals surface area contributed by atoms with Crippen LogP contribution in [0.4, 0.5) is 0 Å². The maximum Gasteiger partial charge on any atom is 0.307 e. The number of carbonyl (C=O) groups excluding carboxylic acids is 2. The van der Waals surface area contributed by atoms with Crippen LogP contribution in [0.2, 0.25) is 0 Å². The quantitative estimate of drug-likeness (QED) is 0.624. The molecule has 0 aliphatic rings. The van der Waals surface area contributed by atoms with Crippen molar-refractivity contribution in [3.8, 4) is 5.75 Å². The van der Waals surface area contributed by atoms with Crippen molar-refractivity contribution in [2.24, 2.45) is 0 Å². The number of benzene rings is 1. The van der Waals surface area contributed by atoms with Gasteiger partial charge in [-0.2, -0.15) is 0 Å². The van der Waals surface area contributed by atoms with Crippen LogP contribution in [0.3, 0.4) is 0 Å². The Morgan fingerprint density at radius 3 is 2.45 bits per heavy atom. The molecule has 0 unspecified atom stereocenters. The highest BCUT2D eigenvalue weighted by molar-refractivity contribution is 5.78. The van der Waals surface area contributed by atoms with Crippen molar-refractivity contribution in [1.82, 2.24) is 4.90 Å². The Morgan fingerprint density at radius 1 is 1.09 bits per heavy atom. The molecule has 0 aliphatic heterocycles. The van der Waals surface area contributed by atoms with Crippen LogP contribution in [0.5, 0.6) is 5.75 Å². The molecule has 1 aromatic carbocycles. The van der Waals surface area contributed by atoms with Gasteiger partial charge in [0, 0.05) is 13.1 Å². The second-order valence-electron chi connectivity index (χ2n) is 4.89. The van der Waals surface area contributed by atoms with E-state index in [9.17, 15) is 9.59 Å². The van der Waals surface area contributed by atoms with Crippen molar-refractivity contribution in [1.29, 1.82) is 0 Å². The fraction of sp³-hybridized carbons (Fsp3) is 0.529. The summed E-state index contributed by atoms with van der Waals surface area (Å²) in [5.41, 5.74) is 0. The van der Waals surface area contributed by atoms with Crippen molar-refractivity contribution in [3.05, 3.63) is 30.3 Å². The van der Waals surface area contributed by atoms with E-state index in [1.807, 2.05) is 30.3 Å². The predicted molar refractivity (Wildman–Crippen MR) is 84.7 cm³/mol. The van der Waals surface area contributed by atoms with Gasteiger partial charge in [0.1, 0.15) is 5.75 Å². The largest absolute Gasteiger partial charge is 0.484 e. The van der Waals surface area contributed by atoms with Crippen LogP contribution in [-0.2, 0) is 14.3 Å². The molecule has 0 fully saturated rings. The van der Waals surface area contributed by atoms with Crippen molar-refractivity contribution in [3.63, 3.8) is 0 Å². The van der Waals surface area contributed by atoms with Crippen molar-refractivity contribution in [2.75, 3.05) is 26.3 Å². The van der Waals surface area contributed by atoms with E-state index in [2.05, 4.69) is 6.92 Å². The molecule has 0 heterocycles. The molecule has 0 aliphatic carbocycles. The van der Waals surface area contributed by atoms with Crippen LogP contribution in [0.1, 0.15) is 33.1 Å². The zero-order valence-corrected chi connectivity index (χ0v) is 13.4. The fourth-order valence-corrected chi connectivity index (χ4v) is 1.92. The normalized spacial score (nSPS) is 10.1. The molecule has 5 nitrogen and oxygen atoms in total. The average molecular weight is 307 g/mol. The molecule has 1 aromatic rings. The molecule has 0 bridgehead atoms. The van der Waals surface area contributed by atoms with Gasteiger partial charge >= 0.3 is 5.97 Å². The van der Waals surface area contributed by atoms with Crippen LogP contribution >= 0.6 is 0 Å². The molecule has 22 heavy (non-hydrogen) atoms. The molecule has 0 saturated heterocycles. The van der Waals surface area contributed by atoms with E-state index in [1.54, 1.807) is 11.8 Å². The second-order valence-corrected chi connectivity index (χ2v) is 4.89. The molecule has 122 valence electrons. The summed E-state index contributed by atoms with van der Waals surface area (Å²) in [6.07, 6.45) is 2.11. The summed E-state index contributed by atoms with van der Waals surface area (Å²) in [5, 5.41) is 0. The molecular formula is C17H25NO4. The topological polar surface area (TPSA) is 55.8 Å². The highest BCUT2D eigenvalue weighted by Crippen LogP contribution is 2.09. The second kappa shape index (κ2) is 10.7. The Labute approximate surface area is 132 Å². The number of hydrogen-bond donors (Lipinski definition) is 0. The van der Waals surface area contributed by atoms with Gasteiger partial charge in [-0.25, -0.2) is 0 Å². The van der Waals surface area contributed by atoms with Crippen LogP contribution < -0.4 is 4.74 Å². The lowest BCUT2D eigenvalue weighted by molar-refractivity contribution is -0.144. The molecule has 0 N–H and O–H groups in total. The minimum atomic E-state index is -0.277. The molecule has 0 spiro atoms. The molecular weight excluding hydrogens is 282 g/mol. The summed E-state index contributed by atoms with van der Waals surface area (Å²) >= 11 is 0. The molecule has 0 aromatic heterocycles. The Hall–Kier alpha value is -2.04. The fourth-order valence-electron chi connectivity index (χ4n) is 1.92. The number of para-hydroxylation sites is 1. The summed E-state index contributed by atoms with van der Waals surface area (Å²) in [6.45, 7) is 5.18. The highest BCUT2D eigenvalue weighted by atomic mass is 16.5.